The molecule has 0 saturated heterocycles. The molecule has 7 heteroatoms. The molecule has 0 radical (unpaired) electrons. The Morgan fingerprint density at radius 2 is 1.95 bits per heavy atom. The first-order valence-electron chi connectivity index (χ1n) is 5.65. The number of nitro groups is 1. The van der Waals surface area contributed by atoms with Crippen molar-refractivity contribution < 1.29 is 19.1 Å². The van der Waals surface area contributed by atoms with E-state index in [2.05, 4.69) is 0 Å². The molecule has 20 heavy (non-hydrogen) atoms. The molecule has 6 nitrogen and oxygen atoms in total. The third-order valence-corrected chi connectivity index (χ3v) is 2.92. The molecule has 1 heterocycles. The Hall–Kier alpha value is -2.47. The lowest BCUT2D eigenvalue weighted by molar-refractivity contribution is -0.385. The second kappa shape index (κ2) is 4.90. The fourth-order valence-electron chi connectivity index (χ4n) is 1.79. The van der Waals surface area contributed by atoms with Crippen LogP contribution in [0.1, 0.15) is 0 Å². The van der Waals surface area contributed by atoms with Crippen molar-refractivity contribution in [3.8, 4) is 23.0 Å². The Labute approximate surface area is 118 Å². The molecular weight excluding hydrogens is 286 g/mol. The van der Waals surface area contributed by atoms with Gasteiger partial charge in [0.25, 0.3) is 0 Å². The fraction of sp³-hybridized carbons (Fsp3) is 0.0769. The number of halogens is 1. The van der Waals surface area contributed by atoms with Crippen LogP contribution in [-0.2, 0) is 0 Å². The van der Waals surface area contributed by atoms with E-state index >= 15 is 0 Å². The average Bonchev–Trinajstić information content (AvgIpc) is 2.88. The van der Waals surface area contributed by atoms with Crippen molar-refractivity contribution in [1.82, 2.24) is 0 Å². The quantitative estimate of drug-likeness (QED) is 0.636. The number of nitrogens with zero attached hydrogens (tertiary/aromatic N) is 1. The van der Waals surface area contributed by atoms with E-state index in [9.17, 15) is 10.1 Å². The SMILES string of the molecule is O=[N+]([O-])c1cc(Cl)ccc1Oc1ccc2c(c1)OCO2. The van der Waals surface area contributed by atoms with E-state index in [1.165, 1.54) is 18.2 Å². The molecule has 0 amide bonds. The summed E-state index contributed by atoms with van der Waals surface area (Å²) in [7, 11) is 0. The van der Waals surface area contributed by atoms with Gasteiger partial charge in [0.05, 0.1) is 4.92 Å². The molecular formula is C13H8ClNO5. The number of nitro benzene ring substituents is 1. The zero-order valence-electron chi connectivity index (χ0n) is 10.0. The van der Waals surface area contributed by atoms with Crippen molar-refractivity contribution in [3.63, 3.8) is 0 Å². The lowest BCUT2D eigenvalue weighted by atomic mass is 10.2. The maximum atomic E-state index is 11.0. The van der Waals surface area contributed by atoms with Gasteiger partial charge in [-0.3, -0.25) is 10.1 Å². The lowest BCUT2D eigenvalue weighted by Gasteiger charge is -2.07. The lowest BCUT2D eigenvalue weighted by Crippen LogP contribution is -1.93. The van der Waals surface area contributed by atoms with E-state index in [4.69, 9.17) is 25.8 Å². The largest absolute Gasteiger partial charge is 0.454 e. The second-order valence-corrected chi connectivity index (χ2v) is 4.42. The number of hydrogen-bond acceptors (Lipinski definition) is 5. The summed E-state index contributed by atoms with van der Waals surface area (Å²) in [5.74, 6) is 1.68. The molecule has 3 rings (SSSR count). The monoisotopic (exact) mass is 293 g/mol. The first-order valence-corrected chi connectivity index (χ1v) is 6.03. The third-order valence-electron chi connectivity index (χ3n) is 2.69. The smallest absolute Gasteiger partial charge is 0.313 e. The maximum Gasteiger partial charge on any atom is 0.313 e. The summed E-state index contributed by atoms with van der Waals surface area (Å²) in [5.41, 5.74) is -0.199. The highest BCUT2D eigenvalue weighted by atomic mass is 35.5. The zero-order chi connectivity index (χ0) is 14.1. The minimum absolute atomic E-state index is 0.110. The van der Waals surface area contributed by atoms with Gasteiger partial charge in [0.2, 0.25) is 12.5 Å². The molecule has 0 N–H and O–H groups in total. The van der Waals surface area contributed by atoms with E-state index in [-0.39, 0.29) is 23.3 Å². The van der Waals surface area contributed by atoms with Gasteiger partial charge in [-0.2, -0.15) is 0 Å². The van der Waals surface area contributed by atoms with Crippen LogP contribution in [-0.4, -0.2) is 11.7 Å². The molecule has 0 atom stereocenters. The molecule has 2 aromatic carbocycles. The summed E-state index contributed by atoms with van der Waals surface area (Å²) in [6.07, 6.45) is 0. The van der Waals surface area contributed by atoms with Crippen LogP contribution in [0, 0.1) is 10.1 Å². The summed E-state index contributed by atoms with van der Waals surface area (Å²) < 4.78 is 15.9. The summed E-state index contributed by atoms with van der Waals surface area (Å²) in [6, 6.07) is 9.15. The Kier molecular flexibility index (Phi) is 3.08. The van der Waals surface area contributed by atoms with Gasteiger partial charge >= 0.3 is 5.69 Å². The number of hydrogen-bond donors (Lipinski definition) is 0. The second-order valence-electron chi connectivity index (χ2n) is 3.99. The highest BCUT2D eigenvalue weighted by Gasteiger charge is 2.18. The Balaban J connectivity index is 1.93. The number of ether oxygens (including phenoxy) is 3. The molecule has 0 fully saturated rings. The molecule has 0 saturated carbocycles. The number of benzene rings is 2. The first-order chi connectivity index (χ1) is 9.63. The molecule has 0 unspecified atom stereocenters. The van der Waals surface area contributed by atoms with Gasteiger partial charge in [-0.15, -0.1) is 0 Å². The molecule has 0 bridgehead atoms. The average molecular weight is 294 g/mol. The van der Waals surface area contributed by atoms with Crippen LogP contribution in [0.3, 0.4) is 0 Å². The van der Waals surface area contributed by atoms with E-state index in [0.717, 1.165) is 0 Å². The predicted molar refractivity (Wildman–Crippen MR) is 70.7 cm³/mol. The summed E-state index contributed by atoms with van der Waals surface area (Å²) in [6.45, 7) is 0.153. The molecule has 0 spiro atoms. The van der Waals surface area contributed by atoms with Gasteiger partial charge in [0, 0.05) is 17.2 Å². The standard InChI is InChI=1S/C13H8ClNO5/c14-8-1-3-11(10(5-8)15(16)17)20-9-2-4-12-13(6-9)19-7-18-12/h1-6H,7H2. The first kappa shape index (κ1) is 12.6. The maximum absolute atomic E-state index is 11.0. The highest BCUT2D eigenvalue weighted by Crippen LogP contribution is 2.39. The Morgan fingerprint density at radius 3 is 2.75 bits per heavy atom. The topological polar surface area (TPSA) is 70.8 Å². The van der Waals surface area contributed by atoms with Crippen molar-refractivity contribution in [3.05, 3.63) is 51.5 Å². The van der Waals surface area contributed by atoms with Crippen LogP contribution in [0.5, 0.6) is 23.0 Å². The van der Waals surface area contributed by atoms with Gasteiger partial charge in [0.15, 0.2) is 11.5 Å². The van der Waals surface area contributed by atoms with Crippen molar-refractivity contribution >= 4 is 17.3 Å². The van der Waals surface area contributed by atoms with Crippen molar-refractivity contribution in [1.29, 1.82) is 0 Å². The van der Waals surface area contributed by atoms with Crippen LogP contribution in [0.4, 0.5) is 5.69 Å². The van der Waals surface area contributed by atoms with Crippen molar-refractivity contribution in [2.75, 3.05) is 6.79 Å². The van der Waals surface area contributed by atoms with Gasteiger partial charge in [-0.1, -0.05) is 11.6 Å². The number of rotatable bonds is 3. The fourth-order valence-corrected chi connectivity index (χ4v) is 1.95. The summed E-state index contributed by atoms with van der Waals surface area (Å²) in [4.78, 5) is 10.4. The third kappa shape index (κ3) is 2.33. The van der Waals surface area contributed by atoms with Gasteiger partial charge in [-0.25, -0.2) is 0 Å². The molecule has 1 aliphatic heterocycles. The van der Waals surface area contributed by atoms with Crippen LogP contribution in [0.15, 0.2) is 36.4 Å². The van der Waals surface area contributed by atoms with E-state index < -0.39 is 4.92 Å². The van der Waals surface area contributed by atoms with Gasteiger partial charge in [0.1, 0.15) is 5.75 Å². The Bertz CT molecular complexity index is 688. The predicted octanol–water partition coefficient (Wildman–Crippen LogP) is 3.77. The van der Waals surface area contributed by atoms with Crippen molar-refractivity contribution in [2.45, 2.75) is 0 Å². The molecule has 2 aromatic rings. The van der Waals surface area contributed by atoms with Gasteiger partial charge in [-0.05, 0) is 24.3 Å². The van der Waals surface area contributed by atoms with E-state index in [1.54, 1.807) is 18.2 Å². The Morgan fingerprint density at radius 1 is 1.15 bits per heavy atom. The zero-order valence-corrected chi connectivity index (χ0v) is 10.8. The molecule has 0 aromatic heterocycles. The van der Waals surface area contributed by atoms with Crippen LogP contribution in [0.25, 0.3) is 0 Å². The number of fused-ring (bicyclic) bond motifs is 1. The van der Waals surface area contributed by atoms with Crippen LogP contribution in [0.2, 0.25) is 5.02 Å². The summed E-state index contributed by atoms with van der Waals surface area (Å²) in [5, 5.41) is 11.2. The summed E-state index contributed by atoms with van der Waals surface area (Å²) >= 11 is 5.74. The minimum Gasteiger partial charge on any atom is -0.454 e. The molecule has 1 aliphatic rings. The van der Waals surface area contributed by atoms with E-state index in [1.807, 2.05) is 0 Å². The van der Waals surface area contributed by atoms with Crippen LogP contribution >= 0.6 is 11.6 Å². The van der Waals surface area contributed by atoms with Crippen LogP contribution < -0.4 is 14.2 Å². The minimum atomic E-state index is -0.547. The normalized spacial score (nSPS) is 12.2. The van der Waals surface area contributed by atoms with Crippen molar-refractivity contribution in [2.24, 2.45) is 0 Å². The van der Waals surface area contributed by atoms with Gasteiger partial charge < -0.3 is 14.2 Å². The van der Waals surface area contributed by atoms with E-state index in [0.29, 0.717) is 17.2 Å². The highest BCUT2D eigenvalue weighted by molar-refractivity contribution is 6.30. The molecule has 0 aliphatic carbocycles. The molecule has 102 valence electrons.